The van der Waals surface area contributed by atoms with Crippen LogP contribution in [0.5, 0.6) is 0 Å². The van der Waals surface area contributed by atoms with E-state index in [1.165, 1.54) is 11.8 Å². The second-order valence-electron chi connectivity index (χ2n) is 5.50. The fourth-order valence-electron chi connectivity index (χ4n) is 2.42. The fourth-order valence-corrected chi connectivity index (χ4v) is 2.42. The first kappa shape index (κ1) is 16.3. The lowest BCUT2D eigenvalue weighted by molar-refractivity contribution is -0.150. The molecule has 1 aliphatic heterocycles. The molecule has 114 valence electrons. The topological polar surface area (TPSA) is 98.7 Å². The molecule has 3 amide bonds. The Bertz CT molecular complexity index is 397. The minimum absolute atomic E-state index is 0.0304. The van der Waals surface area contributed by atoms with Crippen molar-refractivity contribution in [2.24, 2.45) is 11.3 Å². The van der Waals surface area contributed by atoms with Gasteiger partial charge in [0.15, 0.2) is 0 Å². The molecule has 1 saturated heterocycles. The third kappa shape index (κ3) is 3.61. The first-order valence-corrected chi connectivity index (χ1v) is 6.80. The van der Waals surface area contributed by atoms with Crippen LogP contribution >= 0.6 is 0 Å². The minimum atomic E-state index is -0.852. The molecule has 0 spiro atoms. The zero-order valence-electron chi connectivity index (χ0n) is 12.2. The molecule has 1 heterocycles. The Balaban J connectivity index is 2.48. The van der Waals surface area contributed by atoms with E-state index >= 15 is 0 Å². The smallest absolute Gasteiger partial charge is 0.317 e. The summed E-state index contributed by atoms with van der Waals surface area (Å²) in [4.78, 5) is 35.6. The summed E-state index contributed by atoms with van der Waals surface area (Å²) in [5, 5.41) is 14.7. The molecule has 1 rings (SSSR count). The van der Waals surface area contributed by atoms with Crippen molar-refractivity contribution >= 4 is 17.9 Å². The number of urea groups is 1. The second-order valence-corrected chi connectivity index (χ2v) is 5.50. The third-order valence-electron chi connectivity index (χ3n) is 3.89. The highest BCUT2D eigenvalue weighted by molar-refractivity contribution is 5.80. The van der Waals surface area contributed by atoms with Gasteiger partial charge in [-0.2, -0.15) is 0 Å². The summed E-state index contributed by atoms with van der Waals surface area (Å²) in [7, 11) is 0. The monoisotopic (exact) mass is 285 g/mol. The van der Waals surface area contributed by atoms with Gasteiger partial charge in [-0.3, -0.25) is 9.59 Å². The van der Waals surface area contributed by atoms with Crippen molar-refractivity contribution in [1.29, 1.82) is 0 Å². The molecule has 0 radical (unpaired) electrons. The SMILES string of the molecule is CC(=O)NCCNC(=O)N1CCC(C(=O)O)(C(C)C)C1. The van der Waals surface area contributed by atoms with Crippen LogP contribution in [-0.2, 0) is 9.59 Å². The van der Waals surface area contributed by atoms with E-state index in [4.69, 9.17) is 0 Å². The molecule has 1 aliphatic rings. The summed E-state index contributed by atoms with van der Waals surface area (Å²) in [5.41, 5.74) is -0.852. The van der Waals surface area contributed by atoms with E-state index in [0.717, 1.165) is 0 Å². The summed E-state index contributed by atoms with van der Waals surface area (Å²) in [6.45, 7) is 6.51. The standard InChI is InChI=1S/C13H23N3O4/c1-9(2)13(11(18)19)4-7-16(8-13)12(20)15-6-5-14-10(3)17/h9H,4-8H2,1-3H3,(H,14,17)(H,15,20)(H,18,19). The molecule has 3 N–H and O–H groups in total. The highest BCUT2D eigenvalue weighted by Crippen LogP contribution is 2.38. The van der Waals surface area contributed by atoms with Crippen molar-refractivity contribution in [2.75, 3.05) is 26.2 Å². The quantitative estimate of drug-likeness (QED) is 0.631. The van der Waals surface area contributed by atoms with Gasteiger partial charge in [0.25, 0.3) is 0 Å². The van der Waals surface area contributed by atoms with Crippen LogP contribution in [-0.4, -0.2) is 54.1 Å². The maximum absolute atomic E-state index is 11.9. The Kier molecular flexibility index (Phi) is 5.35. The maximum atomic E-state index is 11.9. The molecule has 0 bridgehead atoms. The van der Waals surface area contributed by atoms with Crippen LogP contribution in [0, 0.1) is 11.3 Å². The number of hydrogen-bond donors (Lipinski definition) is 3. The van der Waals surface area contributed by atoms with Gasteiger partial charge in [-0.25, -0.2) is 4.79 Å². The number of nitrogens with one attached hydrogen (secondary N) is 2. The van der Waals surface area contributed by atoms with Crippen molar-refractivity contribution in [1.82, 2.24) is 15.5 Å². The van der Waals surface area contributed by atoms with Crippen molar-refractivity contribution in [2.45, 2.75) is 27.2 Å². The number of carboxylic acid groups (broad SMARTS) is 1. The number of rotatable bonds is 5. The average molecular weight is 285 g/mol. The van der Waals surface area contributed by atoms with E-state index in [1.807, 2.05) is 13.8 Å². The molecule has 0 aliphatic carbocycles. The van der Waals surface area contributed by atoms with E-state index in [0.29, 0.717) is 26.1 Å². The molecule has 20 heavy (non-hydrogen) atoms. The van der Waals surface area contributed by atoms with Crippen molar-refractivity contribution in [3.8, 4) is 0 Å². The number of carbonyl (C=O) groups is 3. The van der Waals surface area contributed by atoms with Gasteiger partial charge in [0.05, 0.1) is 5.41 Å². The zero-order valence-corrected chi connectivity index (χ0v) is 12.2. The second kappa shape index (κ2) is 6.58. The zero-order chi connectivity index (χ0) is 15.3. The maximum Gasteiger partial charge on any atom is 0.317 e. The van der Waals surface area contributed by atoms with E-state index in [2.05, 4.69) is 10.6 Å². The van der Waals surface area contributed by atoms with Gasteiger partial charge in [-0.05, 0) is 12.3 Å². The van der Waals surface area contributed by atoms with Crippen LogP contribution in [0.2, 0.25) is 0 Å². The Morgan fingerprint density at radius 2 is 1.85 bits per heavy atom. The number of aliphatic carboxylic acids is 1. The number of likely N-dealkylation sites (tertiary alicyclic amines) is 1. The Hall–Kier alpha value is -1.79. The van der Waals surface area contributed by atoms with Gasteiger partial charge in [-0.15, -0.1) is 0 Å². The molecular weight excluding hydrogens is 262 g/mol. The van der Waals surface area contributed by atoms with E-state index in [-0.39, 0.29) is 24.4 Å². The Morgan fingerprint density at radius 1 is 1.25 bits per heavy atom. The summed E-state index contributed by atoms with van der Waals surface area (Å²) < 4.78 is 0. The normalized spacial score (nSPS) is 21.9. The lowest BCUT2D eigenvalue weighted by atomic mass is 9.76. The van der Waals surface area contributed by atoms with Crippen LogP contribution in [0.25, 0.3) is 0 Å². The first-order chi connectivity index (χ1) is 9.29. The summed E-state index contributed by atoms with van der Waals surface area (Å²) >= 11 is 0. The molecule has 1 unspecified atom stereocenters. The van der Waals surface area contributed by atoms with Crippen molar-refractivity contribution in [3.63, 3.8) is 0 Å². The van der Waals surface area contributed by atoms with Crippen LogP contribution in [0.15, 0.2) is 0 Å². The number of hydrogen-bond acceptors (Lipinski definition) is 3. The highest BCUT2D eigenvalue weighted by Gasteiger charge is 2.48. The first-order valence-electron chi connectivity index (χ1n) is 6.80. The predicted octanol–water partition coefficient (Wildman–Crippen LogP) is 0.265. The number of nitrogens with zero attached hydrogens (tertiary/aromatic N) is 1. The van der Waals surface area contributed by atoms with E-state index in [1.54, 1.807) is 0 Å². The summed E-state index contributed by atoms with van der Waals surface area (Å²) in [5.74, 6) is -1.02. The molecule has 0 aromatic heterocycles. The van der Waals surface area contributed by atoms with Gasteiger partial charge in [0, 0.05) is 33.1 Å². The Morgan fingerprint density at radius 3 is 2.30 bits per heavy atom. The molecule has 7 nitrogen and oxygen atoms in total. The minimum Gasteiger partial charge on any atom is -0.481 e. The fraction of sp³-hybridized carbons (Fsp3) is 0.769. The molecule has 7 heteroatoms. The number of carbonyl (C=O) groups excluding carboxylic acids is 2. The largest absolute Gasteiger partial charge is 0.481 e. The highest BCUT2D eigenvalue weighted by atomic mass is 16.4. The van der Waals surface area contributed by atoms with Crippen LogP contribution in [0.4, 0.5) is 4.79 Å². The van der Waals surface area contributed by atoms with Crippen molar-refractivity contribution in [3.05, 3.63) is 0 Å². The molecule has 0 aromatic carbocycles. The number of carboxylic acids is 1. The predicted molar refractivity (Wildman–Crippen MR) is 73.2 cm³/mol. The van der Waals surface area contributed by atoms with Crippen LogP contribution in [0.1, 0.15) is 27.2 Å². The molecule has 0 aromatic rings. The number of amides is 3. The molecule has 1 atom stereocenters. The lowest BCUT2D eigenvalue weighted by Gasteiger charge is -2.28. The van der Waals surface area contributed by atoms with Crippen molar-refractivity contribution < 1.29 is 19.5 Å². The van der Waals surface area contributed by atoms with Crippen LogP contribution < -0.4 is 10.6 Å². The molecule has 0 saturated carbocycles. The van der Waals surface area contributed by atoms with E-state index in [9.17, 15) is 19.5 Å². The van der Waals surface area contributed by atoms with E-state index < -0.39 is 11.4 Å². The molecular formula is C13H23N3O4. The Labute approximate surface area is 118 Å². The third-order valence-corrected chi connectivity index (χ3v) is 3.89. The lowest BCUT2D eigenvalue weighted by Crippen LogP contribution is -2.45. The van der Waals surface area contributed by atoms with Gasteiger partial charge < -0.3 is 20.6 Å². The van der Waals surface area contributed by atoms with Gasteiger partial charge in [0.1, 0.15) is 0 Å². The average Bonchev–Trinajstić information content (AvgIpc) is 2.80. The van der Waals surface area contributed by atoms with Gasteiger partial charge in [0.2, 0.25) is 5.91 Å². The summed E-state index contributed by atoms with van der Waals surface area (Å²) in [6, 6.07) is -0.279. The molecule has 1 fully saturated rings. The van der Waals surface area contributed by atoms with Crippen LogP contribution in [0.3, 0.4) is 0 Å². The summed E-state index contributed by atoms with van der Waals surface area (Å²) in [6.07, 6.45) is 0.471. The van der Waals surface area contributed by atoms with Gasteiger partial charge >= 0.3 is 12.0 Å². The van der Waals surface area contributed by atoms with Gasteiger partial charge in [-0.1, -0.05) is 13.8 Å².